The molecule has 0 amide bonds. The maximum Gasteiger partial charge on any atom is 0.242 e. The van der Waals surface area contributed by atoms with Crippen molar-refractivity contribution in [1.82, 2.24) is 14.6 Å². The highest BCUT2D eigenvalue weighted by Crippen LogP contribution is 2.37. The minimum Gasteiger partial charge on any atom is -0.346 e. The Balaban J connectivity index is 2.14. The topological polar surface area (TPSA) is 63.1 Å². The van der Waals surface area contributed by atoms with E-state index in [1.165, 1.54) is 0 Å². The molecule has 0 bridgehead atoms. The molecule has 1 aromatic rings. The fraction of sp³-hybridized carbons (Fsp3) is 0.733. The molecule has 0 aromatic carbocycles. The van der Waals surface area contributed by atoms with Gasteiger partial charge in [-0.3, -0.25) is 0 Å². The van der Waals surface area contributed by atoms with Crippen LogP contribution in [0.2, 0.25) is 0 Å². The molecule has 0 aliphatic heterocycles. The van der Waals surface area contributed by atoms with Crippen LogP contribution in [0, 0.1) is 0 Å². The smallest absolute Gasteiger partial charge is 0.242 e. The number of nitrogens with one attached hydrogen (secondary N) is 2. The van der Waals surface area contributed by atoms with Crippen molar-refractivity contribution in [2.24, 2.45) is 0 Å². The SMILES string of the molecule is CCCCNS(=O)(=O)c1cc(CNC(C)C)n(C2CC2)c1. The average molecular weight is 313 g/mol. The van der Waals surface area contributed by atoms with E-state index in [1.807, 2.05) is 13.0 Å². The number of hydrogen-bond donors (Lipinski definition) is 2. The minimum atomic E-state index is -3.38. The Labute approximate surface area is 128 Å². The van der Waals surface area contributed by atoms with Crippen LogP contribution in [0.5, 0.6) is 0 Å². The van der Waals surface area contributed by atoms with Crippen molar-refractivity contribution in [1.29, 1.82) is 0 Å². The molecule has 2 rings (SSSR count). The van der Waals surface area contributed by atoms with E-state index in [0.29, 0.717) is 30.1 Å². The molecule has 2 N–H and O–H groups in total. The van der Waals surface area contributed by atoms with Crippen LogP contribution in [0.4, 0.5) is 0 Å². The molecule has 0 saturated heterocycles. The number of aromatic nitrogens is 1. The van der Waals surface area contributed by atoms with Crippen LogP contribution in [0.15, 0.2) is 17.2 Å². The number of rotatable bonds is 9. The van der Waals surface area contributed by atoms with Crippen molar-refractivity contribution < 1.29 is 8.42 Å². The monoisotopic (exact) mass is 313 g/mol. The molecule has 1 saturated carbocycles. The molecular weight excluding hydrogens is 286 g/mol. The van der Waals surface area contributed by atoms with Crippen molar-refractivity contribution in [2.75, 3.05) is 6.54 Å². The normalized spacial score (nSPS) is 15.8. The van der Waals surface area contributed by atoms with Gasteiger partial charge in [0.15, 0.2) is 0 Å². The van der Waals surface area contributed by atoms with Crippen LogP contribution in [0.1, 0.15) is 58.2 Å². The van der Waals surface area contributed by atoms with E-state index in [4.69, 9.17) is 0 Å². The molecule has 1 aliphatic rings. The summed E-state index contributed by atoms with van der Waals surface area (Å²) in [6, 6.07) is 2.67. The number of unbranched alkanes of at least 4 members (excludes halogenated alkanes) is 1. The summed E-state index contributed by atoms with van der Waals surface area (Å²) in [5, 5.41) is 3.37. The first kappa shape index (κ1) is 16.5. The van der Waals surface area contributed by atoms with E-state index in [-0.39, 0.29) is 0 Å². The van der Waals surface area contributed by atoms with Gasteiger partial charge in [-0.15, -0.1) is 0 Å². The first-order chi connectivity index (χ1) is 9.94. The second kappa shape index (κ2) is 6.94. The lowest BCUT2D eigenvalue weighted by molar-refractivity contribution is 0.558. The van der Waals surface area contributed by atoms with Crippen LogP contribution in [-0.2, 0) is 16.6 Å². The maximum atomic E-state index is 12.3. The minimum absolute atomic E-state index is 0.385. The van der Waals surface area contributed by atoms with Crippen molar-refractivity contribution in [2.45, 2.75) is 70.0 Å². The van der Waals surface area contributed by atoms with E-state index < -0.39 is 10.0 Å². The zero-order valence-corrected chi connectivity index (χ0v) is 14.0. The lowest BCUT2D eigenvalue weighted by Gasteiger charge is -2.10. The second-order valence-corrected chi connectivity index (χ2v) is 7.86. The summed E-state index contributed by atoms with van der Waals surface area (Å²) in [6.07, 6.45) is 5.93. The Bertz CT molecular complexity index is 559. The molecule has 0 unspecified atom stereocenters. The van der Waals surface area contributed by atoms with Gasteiger partial charge in [0.25, 0.3) is 0 Å². The van der Waals surface area contributed by atoms with E-state index in [0.717, 1.165) is 31.4 Å². The standard InChI is InChI=1S/C15H27N3O2S/c1-4-5-8-17-21(19,20)15-9-14(10-16-12(2)3)18(11-15)13-6-7-13/h9,11-13,16-17H,4-8,10H2,1-3H3. The molecule has 0 radical (unpaired) electrons. The fourth-order valence-electron chi connectivity index (χ4n) is 2.25. The predicted molar refractivity (Wildman–Crippen MR) is 84.8 cm³/mol. The quantitative estimate of drug-likeness (QED) is 0.688. The van der Waals surface area contributed by atoms with Gasteiger partial charge in [0.2, 0.25) is 10.0 Å². The van der Waals surface area contributed by atoms with Gasteiger partial charge in [0.05, 0.1) is 4.90 Å². The van der Waals surface area contributed by atoms with Gasteiger partial charge in [0, 0.05) is 37.1 Å². The molecule has 1 aliphatic carbocycles. The van der Waals surface area contributed by atoms with Gasteiger partial charge in [-0.05, 0) is 25.3 Å². The molecule has 21 heavy (non-hydrogen) atoms. The number of hydrogen-bond acceptors (Lipinski definition) is 3. The van der Waals surface area contributed by atoms with Crippen molar-refractivity contribution in [3.63, 3.8) is 0 Å². The third-order valence-corrected chi connectivity index (χ3v) is 5.10. The van der Waals surface area contributed by atoms with Crippen LogP contribution < -0.4 is 10.0 Å². The third-order valence-electron chi connectivity index (χ3n) is 3.67. The van der Waals surface area contributed by atoms with Gasteiger partial charge < -0.3 is 9.88 Å². The Kier molecular flexibility index (Phi) is 5.46. The van der Waals surface area contributed by atoms with Crippen LogP contribution in [0.25, 0.3) is 0 Å². The van der Waals surface area contributed by atoms with Crippen molar-refractivity contribution >= 4 is 10.0 Å². The van der Waals surface area contributed by atoms with Crippen molar-refractivity contribution in [3.8, 4) is 0 Å². The summed E-state index contributed by atoms with van der Waals surface area (Å²) in [4.78, 5) is 0.394. The molecule has 1 heterocycles. The van der Waals surface area contributed by atoms with Gasteiger partial charge in [-0.2, -0.15) is 0 Å². The maximum absolute atomic E-state index is 12.3. The van der Waals surface area contributed by atoms with E-state index in [1.54, 1.807) is 6.20 Å². The molecule has 1 aromatic heterocycles. The Morgan fingerprint density at radius 1 is 1.38 bits per heavy atom. The third kappa shape index (κ3) is 4.56. The highest BCUT2D eigenvalue weighted by atomic mass is 32.2. The zero-order valence-electron chi connectivity index (χ0n) is 13.2. The lowest BCUT2D eigenvalue weighted by atomic mass is 10.3. The summed E-state index contributed by atoms with van der Waals surface area (Å²) in [6.45, 7) is 7.45. The van der Waals surface area contributed by atoms with Gasteiger partial charge in [-0.1, -0.05) is 27.2 Å². The molecule has 1 fully saturated rings. The predicted octanol–water partition coefficient (Wildman–Crippen LogP) is 2.40. The van der Waals surface area contributed by atoms with Crippen LogP contribution in [0.3, 0.4) is 0 Å². The molecule has 6 heteroatoms. The Hall–Kier alpha value is -0.850. The molecular formula is C15H27N3O2S. The molecule has 5 nitrogen and oxygen atoms in total. The van der Waals surface area contributed by atoms with Crippen LogP contribution in [-0.4, -0.2) is 25.6 Å². The van der Waals surface area contributed by atoms with E-state index >= 15 is 0 Å². The van der Waals surface area contributed by atoms with E-state index in [9.17, 15) is 8.42 Å². The number of nitrogens with zero attached hydrogens (tertiary/aromatic N) is 1. The summed E-state index contributed by atoms with van der Waals surface area (Å²) >= 11 is 0. The summed E-state index contributed by atoms with van der Waals surface area (Å²) in [7, 11) is -3.38. The Morgan fingerprint density at radius 2 is 2.10 bits per heavy atom. The number of sulfonamides is 1. The summed E-state index contributed by atoms with van der Waals surface area (Å²) in [5.74, 6) is 0. The summed E-state index contributed by atoms with van der Waals surface area (Å²) in [5.41, 5.74) is 1.06. The molecule has 0 atom stereocenters. The fourth-order valence-corrected chi connectivity index (χ4v) is 3.38. The first-order valence-electron chi connectivity index (χ1n) is 7.88. The van der Waals surface area contributed by atoms with Gasteiger partial charge >= 0.3 is 0 Å². The van der Waals surface area contributed by atoms with Crippen molar-refractivity contribution in [3.05, 3.63) is 18.0 Å². The van der Waals surface area contributed by atoms with Crippen LogP contribution >= 0.6 is 0 Å². The lowest BCUT2D eigenvalue weighted by Crippen LogP contribution is -2.24. The average Bonchev–Trinajstić information content (AvgIpc) is 3.16. The zero-order chi connectivity index (χ0) is 15.5. The highest BCUT2D eigenvalue weighted by Gasteiger charge is 2.28. The van der Waals surface area contributed by atoms with Gasteiger partial charge in [-0.25, -0.2) is 13.1 Å². The highest BCUT2D eigenvalue weighted by molar-refractivity contribution is 7.89. The molecule has 120 valence electrons. The first-order valence-corrected chi connectivity index (χ1v) is 9.36. The van der Waals surface area contributed by atoms with Gasteiger partial charge in [0.1, 0.15) is 0 Å². The Morgan fingerprint density at radius 3 is 2.67 bits per heavy atom. The second-order valence-electron chi connectivity index (χ2n) is 6.09. The van der Waals surface area contributed by atoms with E-state index in [2.05, 4.69) is 28.5 Å². The summed E-state index contributed by atoms with van der Waals surface area (Å²) < 4.78 is 29.4. The molecule has 0 spiro atoms. The largest absolute Gasteiger partial charge is 0.346 e.